The maximum Gasteiger partial charge on any atom is 0.280 e. The monoisotopic (exact) mass is 839 g/mol. The summed E-state index contributed by atoms with van der Waals surface area (Å²) < 4.78 is 42.4. The first-order valence-electron chi connectivity index (χ1n) is 20.1. The number of rotatable bonds is 19. The number of carbonyl (C=O) groups excluding carboxylic acids is 1. The number of H-pyrrole nitrogens is 1. The summed E-state index contributed by atoms with van der Waals surface area (Å²) in [6.07, 6.45) is -0.0325. The molecule has 1 fully saturated rings. The number of nitriles is 1. The molecule has 2 aromatic heterocycles. The van der Waals surface area contributed by atoms with Crippen molar-refractivity contribution in [1.82, 2.24) is 24.2 Å². The van der Waals surface area contributed by atoms with Crippen molar-refractivity contribution in [1.29, 1.82) is 5.26 Å². The van der Waals surface area contributed by atoms with Crippen LogP contribution in [0, 0.1) is 17.2 Å². The Morgan fingerprint density at radius 3 is 2.12 bits per heavy atom. The Bertz CT molecular complexity index is 2220. The molecule has 15 nitrogen and oxygen atoms in total. The quantitative estimate of drug-likeness (QED) is 0.0472. The second-order valence-electron chi connectivity index (χ2n) is 15.3. The molecule has 0 saturated carbocycles. The Kier molecular flexibility index (Phi) is 14.7. The van der Waals surface area contributed by atoms with Gasteiger partial charge in [-0.3, -0.25) is 24.5 Å². The summed E-state index contributed by atoms with van der Waals surface area (Å²) >= 11 is 0. The first-order chi connectivity index (χ1) is 28.9. The van der Waals surface area contributed by atoms with Gasteiger partial charge < -0.3 is 28.0 Å². The molecule has 4 atom stereocenters. The van der Waals surface area contributed by atoms with Gasteiger partial charge in [0.15, 0.2) is 17.4 Å². The molecule has 2 N–H and O–H groups in total. The van der Waals surface area contributed by atoms with E-state index in [9.17, 15) is 14.9 Å². The SMILES string of the molecule is COc1ccc(C(OC[C@@H]2C[C@@H](OP(OCCC#N)N(C(C)C)C(C)C)[C@H](n3cnc4c(=O)[nH]c(NC(=O)C(C)C)nc43)O2)(c2ccccc2)c2ccc(OC)cc2)cc1. The highest BCUT2D eigenvalue weighted by molar-refractivity contribution is 7.44. The smallest absolute Gasteiger partial charge is 0.280 e. The van der Waals surface area contributed by atoms with Crippen molar-refractivity contribution in [3.63, 3.8) is 0 Å². The Morgan fingerprint density at radius 1 is 0.967 bits per heavy atom. The molecule has 0 bridgehead atoms. The highest BCUT2D eigenvalue weighted by Crippen LogP contribution is 2.51. The van der Waals surface area contributed by atoms with Crippen LogP contribution in [-0.2, 0) is 28.9 Å². The third-order valence-corrected chi connectivity index (χ3v) is 12.3. The molecule has 1 aliphatic rings. The molecule has 6 rings (SSSR count). The third kappa shape index (κ3) is 9.71. The Labute approximate surface area is 351 Å². The van der Waals surface area contributed by atoms with Gasteiger partial charge in [-0.2, -0.15) is 10.2 Å². The minimum Gasteiger partial charge on any atom is -0.497 e. The number of benzene rings is 3. The van der Waals surface area contributed by atoms with Gasteiger partial charge in [-0.05, 0) is 68.7 Å². The van der Waals surface area contributed by atoms with Gasteiger partial charge in [-0.25, -0.2) is 9.65 Å². The minimum absolute atomic E-state index is 0.0113. The Balaban J connectivity index is 1.43. The van der Waals surface area contributed by atoms with E-state index in [1.807, 2.05) is 78.9 Å². The average molecular weight is 840 g/mol. The summed E-state index contributed by atoms with van der Waals surface area (Å²) in [4.78, 5) is 37.7. The maximum atomic E-state index is 13.3. The van der Waals surface area contributed by atoms with Crippen molar-refractivity contribution in [2.24, 2.45) is 5.92 Å². The van der Waals surface area contributed by atoms with Crippen LogP contribution in [0.15, 0.2) is 90.0 Å². The van der Waals surface area contributed by atoms with E-state index in [4.69, 9.17) is 28.0 Å². The number of aromatic nitrogens is 4. The van der Waals surface area contributed by atoms with Crippen molar-refractivity contribution in [3.05, 3.63) is 112 Å². The van der Waals surface area contributed by atoms with Crippen molar-refractivity contribution in [3.8, 4) is 17.6 Å². The van der Waals surface area contributed by atoms with Gasteiger partial charge in [0.05, 0.1) is 52.4 Å². The topological polar surface area (TPSA) is 175 Å². The molecule has 0 radical (unpaired) electrons. The van der Waals surface area contributed by atoms with Crippen molar-refractivity contribution in [2.45, 2.75) is 90.5 Å². The summed E-state index contributed by atoms with van der Waals surface area (Å²) in [7, 11) is 1.55. The van der Waals surface area contributed by atoms with E-state index < -0.39 is 38.1 Å². The molecule has 3 heterocycles. The number of methoxy groups -OCH3 is 2. The fourth-order valence-corrected chi connectivity index (χ4v) is 9.02. The van der Waals surface area contributed by atoms with E-state index in [1.54, 1.807) is 32.6 Å². The van der Waals surface area contributed by atoms with Crippen LogP contribution in [-0.4, -0.2) is 81.8 Å². The highest BCUT2D eigenvalue weighted by Gasteiger charge is 2.45. The van der Waals surface area contributed by atoms with Gasteiger partial charge in [-0.1, -0.05) is 68.4 Å². The van der Waals surface area contributed by atoms with Crippen LogP contribution >= 0.6 is 8.53 Å². The van der Waals surface area contributed by atoms with E-state index in [0.717, 1.165) is 16.7 Å². The zero-order chi connectivity index (χ0) is 43.0. The van der Waals surface area contributed by atoms with Gasteiger partial charge in [0.1, 0.15) is 23.2 Å². The van der Waals surface area contributed by atoms with Crippen LogP contribution in [0.4, 0.5) is 5.95 Å². The summed E-state index contributed by atoms with van der Waals surface area (Å²) in [5.74, 6) is 0.737. The fraction of sp³-hybridized carbons (Fsp3) is 0.432. The number of anilines is 1. The number of ether oxygens (including phenoxy) is 4. The number of fused-ring (bicyclic) bond motifs is 1. The van der Waals surface area contributed by atoms with Crippen molar-refractivity contribution in [2.75, 3.05) is 32.8 Å². The van der Waals surface area contributed by atoms with Crippen molar-refractivity contribution < 1.29 is 32.8 Å². The van der Waals surface area contributed by atoms with Crippen LogP contribution in [0.5, 0.6) is 11.5 Å². The van der Waals surface area contributed by atoms with Crippen LogP contribution in [0.2, 0.25) is 0 Å². The first kappa shape index (κ1) is 44.4. The van der Waals surface area contributed by atoms with E-state index in [1.165, 1.54) is 6.33 Å². The number of hydrogen-bond acceptors (Lipinski definition) is 12. The summed E-state index contributed by atoms with van der Waals surface area (Å²) in [5.41, 5.74) is 1.25. The zero-order valence-electron chi connectivity index (χ0n) is 35.3. The molecule has 60 heavy (non-hydrogen) atoms. The molecule has 1 aliphatic heterocycles. The van der Waals surface area contributed by atoms with E-state index >= 15 is 0 Å². The predicted molar refractivity (Wildman–Crippen MR) is 228 cm³/mol. The van der Waals surface area contributed by atoms with E-state index in [0.29, 0.717) is 17.9 Å². The van der Waals surface area contributed by atoms with Crippen LogP contribution in [0.1, 0.15) is 77.3 Å². The van der Waals surface area contributed by atoms with Crippen LogP contribution < -0.4 is 20.3 Å². The summed E-state index contributed by atoms with van der Waals surface area (Å²) in [5, 5.41) is 12.1. The number of nitrogens with one attached hydrogen (secondary N) is 2. The summed E-state index contributed by atoms with van der Waals surface area (Å²) in [6.45, 7) is 12.0. The second kappa shape index (κ2) is 19.9. The molecular formula is C44H54N7O8P. The molecule has 3 aromatic carbocycles. The molecule has 1 unspecified atom stereocenters. The Hall–Kier alpha value is -5.20. The normalized spacial score (nSPS) is 17.4. The molecule has 0 spiro atoms. The largest absolute Gasteiger partial charge is 0.497 e. The number of imidazole rings is 1. The number of amides is 1. The van der Waals surface area contributed by atoms with Crippen LogP contribution in [0.3, 0.4) is 0 Å². The lowest BCUT2D eigenvalue weighted by Gasteiger charge is -2.37. The molecule has 5 aromatic rings. The maximum absolute atomic E-state index is 13.3. The number of nitrogens with zero attached hydrogens (tertiary/aromatic N) is 5. The molecular weight excluding hydrogens is 785 g/mol. The average Bonchev–Trinajstić information content (AvgIpc) is 3.85. The number of aromatic amines is 1. The van der Waals surface area contributed by atoms with Gasteiger partial charge in [-0.15, -0.1) is 0 Å². The predicted octanol–water partition coefficient (Wildman–Crippen LogP) is 7.69. The summed E-state index contributed by atoms with van der Waals surface area (Å²) in [6, 6.07) is 27.9. The minimum atomic E-state index is -1.71. The molecule has 0 aliphatic carbocycles. The van der Waals surface area contributed by atoms with E-state index in [-0.39, 0.29) is 60.7 Å². The number of carbonyl (C=O) groups is 1. The van der Waals surface area contributed by atoms with E-state index in [2.05, 4.69) is 58.7 Å². The third-order valence-electron chi connectivity index (χ3n) is 10.2. The van der Waals surface area contributed by atoms with Gasteiger partial charge in [0, 0.05) is 24.4 Å². The highest BCUT2D eigenvalue weighted by atomic mass is 31.2. The molecule has 1 amide bonds. The standard InChI is InChI=1S/C44H54N7O8P/c1-28(2)40(52)48-43-47-39-38(41(53)49-43)46-27-50(39)42-37(59-60(57-24-12-23-45)51(29(3)4)30(5)6)25-36(58-42)26-56-44(31-13-10-9-11-14-31,32-15-19-34(54-7)20-16-32)33-17-21-35(55-8)22-18-33/h9-11,13-22,27-30,36-37,42H,12,24-26H2,1-8H3,(H2,47,48,49,52,53)/t36-,37+,42+,60?/m0/s1. The zero-order valence-corrected chi connectivity index (χ0v) is 36.2. The second-order valence-corrected chi connectivity index (χ2v) is 16.7. The Morgan fingerprint density at radius 2 is 1.57 bits per heavy atom. The number of hydrogen-bond donors (Lipinski definition) is 2. The molecule has 1 saturated heterocycles. The fourth-order valence-electron chi connectivity index (χ4n) is 7.30. The molecule has 318 valence electrons. The molecule has 16 heteroatoms. The first-order valence-corrected chi connectivity index (χ1v) is 21.2. The lowest BCUT2D eigenvalue weighted by atomic mass is 9.80. The van der Waals surface area contributed by atoms with Gasteiger partial charge >= 0.3 is 0 Å². The van der Waals surface area contributed by atoms with Gasteiger partial charge in [0.2, 0.25) is 11.9 Å². The lowest BCUT2D eigenvalue weighted by Crippen LogP contribution is -2.36. The van der Waals surface area contributed by atoms with Gasteiger partial charge in [0.25, 0.3) is 14.1 Å². The van der Waals surface area contributed by atoms with Crippen LogP contribution in [0.25, 0.3) is 11.2 Å². The van der Waals surface area contributed by atoms with Crippen molar-refractivity contribution >= 4 is 31.5 Å². The lowest BCUT2D eigenvalue weighted by molar-refractivity contribution is -0.118.